The molecule has 0 amide bonds. The molecule has 0 heterocycles. The number of hydrogen-bond acceptors (Lipinski definition) is 1. The molecule has 1 aromatic carbocycles. The lowest BCUT2D eigenvalue weighted by atomic mass is 9.84. The van der Waals surface area contributed by atoms with E-state index in [1.54, 1.807) is 6.07 Å². The van der Waals surface area contributed by atoms with Gasteiger partial charge >= 0.3 is 0 Å². The fourth-order valence-corrected chi connectivity index (χ4v) is 2.17. The summed E-state index contributed by atoms with van der Waals surface area (Å²) in [6.45, 7) is 8.45. The van der Waals surface area contributed by atoms with E-state index in [0.717, 1.165) is 5.56 Å². The van der Waals surface area contributed by atoms with Crippen molar-refractivity contribution in [3.8, 4) is 0 Å². The zero-order valence-electron chi connectivity index (χ0n) is 12.2. The third kappa shape index (κ3) is 5.83. The van der Waals surface area contributed by atoms with Gasteiger partial charge in [-0.05, 0) is 31.5 Å². The van der Waals surface area contributed by atoms with Gasteiger partial charge in [0.15, 0.2) is 5.96 Å². The molecule has 0 aliphatic heterocycles. The third-order valence-electron chi connectivity index (χ3n) is 2.74. The molecule has 0 aliphatic carbocycles. The van der Waals surface area contributed by atoms with Crippen LogP contribution in [0.4, 0.5) is 4.39 Å². The van der Waals surface area contributed by atoms with Crippen molar-refractivity contribution < 1.29 is 4.39 Å². The molecular formula is C14H22ClFIN3. The highest BCUT2D eigenvalue weighted by molar-refractivity contribution is 14.0. The molecule has 0 radical (unpaired) electrons. The summed E-state index contributed by atoms with van der Waals surface area (Å²) >= 11 is 6.08. The third-order valence-corrected chi connectivity index (χ3v) is 3.05. The van der Waals surface area contributed by atoms with E-state index >= 15 is 0 Å². The summed E-state index contributed by atoms with van der Waals surface area (Å²) in [6.07, 6.45) is 0. The Morgan fingerprint density at radius 3 is 2.55 bits per heavy atom. The van der Waals surface area contributed by atoms with Gasteiger partial charge in [0.25, 0.3) is 0 Å². The standard InChI is InChI=1S/C14H21ClFN3.HI/c1-9(2)19-13(17)18-8-14(3,4)11-6-5-10(16)7-12(11)15;/h5-7,9H,8H2,1-4H3,(H3,17,18,19);1H. The second kappa shape index (κ2) is 8.02. The molecule has 0 aliphatic rings. The highest BCUT2D eigenvalue weighted by atomic mass is 127. The number of hydrogen-bond donors (Lipinski definition) is 2. The number of nitrogens with zero attached hydrogens (tertiary/aromatic N) is 1. The zero-order chi connectivity index (χ0) is 14.6. The lowest BCUT2D eigenvalue weighted by Gasteiger charge is -2.24. The first-order valence-corrected chi connectivity index (χ1v) is 6.62. The smallest absolute Gasteiger partial charge is 0.188 e. The van der Waals surface area contributed by atoms with Crippen molar-refractivity contribution in [2.24, 2.45) is 10.7 Å². The van der Waals surface area contributed by atoms with Crippen LogP contribution < -0.4 is 11.1 Å². The van der Waals surface area contributed by atoms with Crippen LogP contribution in [-0.2, 0) is 5.41 Å². The molecule has 0 aromatic heterocycles. The van der Waals surface area contributed by atoms with Gasteiger partial charge in [0, 0.05) is 16.5 Å². The van der Waals surface area contributed by atoms with E-state index in [1.807, 2.05) is 27.7 Å². The van der Waals surface area contributed by atoms with Gasteiger partial charge in [0.2, 0.25) is 0 Å². The van der Waals surface area contributed by atoms with Crippen LogP contribution in [0.25, 0.3) is 0 Å². The van der Waals surface area contributed by atoms with E-state index in [0.29, 0.717) is 17.5 Å². The lowest BCUT2D eigenvalue weighted by molar-refractivity contribution is 0.535. The Labute approximate surface area is 142 Å². The quantitative estimate of drug-likeness (QED) is 0.449. The van der Waals surface area contributed by atoms with Crippen LogP contribution in [0.3, 0.4) is 0 Å². The first-order valence-electron chi connectivity index (χ1n) is 6.24. The molecule has 0 spiro atoms. The summed E-state index contributed by atoms with van der Waals surface area (Å²) < 4.78 is 13.1. The molecule has 0 saturated carbocycles. The van der Waals surface area contributed by atoms with Crippen molar-refractivity contribution in [1.29, 1.82) is 0 Å². The second-order valence-electron chi connectivity index (χ2n) is 5.51. The van der Waals surface area contributed by atoms with Gasteiger partial charge in [-0.25, -0.2) is 4.39 Å². The summed E-state index contributed by atoms with van der Waals surface area (Å²) in [4.78, 5) is 4.31. The van der Waals surface area contributed by atoms with Crippen LogP contribution >= 0.6 is 35.6 Å². The fraction of sp³-hybridized carbons (Fsp3) is 0.500. The number of guanidine groups is 1. The molecule has 3 N–H and O–H groups in total. The first-order chi connectivity index (χ1) is 8.72. The van der Waals surface area contributed by atoms with E-state index in [-0.39, 0.29) is 41.3 Å². The Morgan fingerprint density at radius 1 is 1.45 bits per heavy atom. The van der Waals surface area contributed by atoms with Crippen LogP contribution in [0.15, 0.2) is 23.2 Å². The Bertz CT molecular complexity index is 475. The van der Waals surface area contributed by atoms with Crippen molar-refractivity contribution >= 4 is 41.5 Å². The average molecular weight is 414 g/mol. The SMILES string of the molecule is CC(C)NC(N)=NCC(C)(C)c1ccc(F)cc1Cl.I. The zero-order valence-corrected chi connectivity index (χ0v) is 15.3. The molecule has 114 valence electrons. The van der Waals surface area contributed by atoms with Gasteiger partial charge in [0.1, 0.15) is 5.82 Å². The summed E-state index contributed by atoms with van der Waals surface area (Å²) in [6, 6.07) is 4.65. The minimum Gasteiger partial charge on any atom is -0.370 e. The topological polar surface area (TPSA) is 50.4 Å². The van der Waals surface area contributed by atoms with Crippen LogP contribution in [-0.4, -0.2) is 18.5 Å². The second-order valence-corrected chi connectivity index (χ2v) is 5.92. The van der Waals surface area contributed by atoms with E-state index < -0.39 is 0 Å². The molecular weight excluding hydrogens is 392 g/mol. The minimum absolute atomic E-state index is 0. The maximum atomic E-state index is 13.1. The summed E-state index contributed by atoms with van der Waals surface area (Å²) in [5, 5.41) is 3.44. The maximum Gasteiger partial charge on any atom is 0.188 e. The fourth-order valence-electron chi connectivity index (χ4n) is 1.75. The van der Waals surface area contributed by atoms with Gasteiger partial charge in [-0.3, -0.25) is 4.99 Å². The molecule has 3 nitrogen and oxygen atoms in total. The Kier molecular flexibility index (Phi) is 7.80. The number of halogens is 3. The molecule has 0 saturated heterocycles. The van der Waals surface area contributed by atoms with Gasteiger partial charge in [0.05, 0.1) is 6.54 Å². The molecule has 1 aromatic rings. The van der Waals surface area contributed by atoms with Crippen molar-refractivity contribution in [1.82, 2.24) is 5.32 Å². The minimum atomic E-state index is -0.339. The average Bonchev–Trinajstić information content (AvgIpc) is 2.25. The van der Waals surface area contributed by atoms with E-state index in [2.05, 4.69) is 10.3 Å². The van der Waals surface area contributed by atoms with E-state index in [4.69, 9.17) is 17.3 Å². The Balaban J connectivity index is 0.00000361. The number of rotatable bonds is 4. The van der Waals surface area contributed by atoms with Crippen molar-refractivity contribution in [3.63, 3.8) is 0 Å². The number of benzene rings is 1. The largest absolute Gasteiger partial charge is 0.370 e. The molecule has 0 bridgehead atoms. The van der Waals surface area contributed by atoms with Gasteiger partial charge in [-0.1, -0.05) is 31.5 Å². The van der Waals surface area contributed by atoms with Crippen LogP contribution in [0, 0.1) is 5.82 Å². The maximum absolute atomic E-state index is 13.1. The number of aliphatic imine (C=N–C) groups is 1. The molecule has 0 atom stereocenters. The Hall–Kier alpha value is -0.560. The summed E-state index contributed by atoms with van der Waals surface area (Å²) in [5.74, 6) is 0.0651. The predicted molar refractivity (Wildman–Crippen MR) is 94.6 cm³/mol. The van der Waals surface area contributed by atoms with Gasteiger partial charge < -0.3 is 11.1 Å². The normalized spacial score (nSPS) is 12.2. The molecule has 6 heteroatoms. The van der Waals surface area contributed by atoms with Crippen molar-refractivity contribution in [2.45, 2.75) is 39.2 Å². The summed E-state index contributed by atoms with van der Waals surface area (Å²) in [5.41, 5.74) is 6.31. The van der Waals surface area contributed by atoms with Crippen LogP contribution in [0.2, 0.25) is 5.02 Å². The van der Waals surface area contributed by atoms with Crippen LogP contribution in [0.5, 0.6) is 0 Å². The van der Waals surface area contributed by atoms with Gasteiger partial charge in [-0.15, -0.1) is 24.0 Å². The molecule has 0 unspecified atom stereocenters. The molecule has 0 fully saturated rings. The first kappa shape index (κ1) is 19.4. The monoisotopic (exact) mass is 413 g/mol. The van der Waals surface area contributed by atoms with Crippen LogP contribution in [0.1, 0.15) is 33.3 Å². The van der Waals surface area contributed by atoms with E-state index in [1.165, 1.54) is 12.1 Å². The van der Waals surface area contributed by atoms with Crippen molar-refractivity contribution in [2.75, 3.05) is 6.54 Å². The van der Waals surface area contributed by atoms with Crippen molar-refractivity contribution in [3.05, 3.63) is 34.6 Å². The van der Waals surface area contributed by atoms with E-state index in [9.17, 15) is 4.39 Å². The predicted octanol–water partition coefficient (Wildman–Crippen LogP) is 3.69. The van der Waals surface area contributed by atoms with Gasteiger partial charge in [-0.2, -0.15) is 0 Å². The molecule has 20 heavy (non-hydrogen) atoms. The lowest BCUT2D eigenvalue weighted by Crippen LogP contribution is -2.38. The number of nitrogens with one attached hydrogen (secondary N) is 1. The molecule has 1 rings (SSSR count). The Morgan fingerprint density at radius 2 is 2.05 bits per heavy atom. The highest BCUT2D eigenvalue weighted by Crippen LogP contribution is 2.30. The summed E-state index contributed by atoms with van der Waals surface area (Å²) in [7, 11) is 0. The number of nitrogens with two attached hydrogens (primary N) is 1. The highest BCUT2D eigenvalue weighted by Gasteiger charge is 2.23.